The van der Waals surface area contributed by atoms with Gasteiger partial charge in [-0.1, -0.05) is 18.2 Å². The minimum atomic E-state index is -0.482. The maximum absolute atomic E-state index is 13.8. The normalized spacial score (nSPS) is 11.0. The first kappa shape index (κ1) is 16.2. The van der Waals surface area contributed by atoms with Crippen molar-refractivity contribution in [1.29, 1.82) is 0 Å². The van der Waals surface area contributed by atoms with Crippen LogP contribution in [0.3, 0.4) is 0 Å². The van der Waals surface area contributed by atoms with E-state index in [4.69, 9.17) is 0 Å². The molecule has 4 nitrogen and oxygen atoms in total. The Morgan fingerprint density at radius 2 is 2.00 bits per heavy atom. The van der Waals surface area contributed by atoms with Gasteiger partial charge in [0.25, 0.3) is 0 Å². The topological polar surface area (TPSA) is 46.9 Å². The highest BCUT2D eigenvalue weighted by Gasteiger charge is 2.12. The molecule has 1 aromatic heterocycles. The largest absolute Gasteiger partial charge is 0.384 e. The number of anilines is 1. The Morgan fingerprint density at radius 3 is 2.79 bits per heavy atom. The molecule has 5 heteroatoms. The molecule has 124 valence electrons. The highest BCUT2D eigenvalue weighted by atomic mass is 19.1. The number of nitrogens with one attached hydrogen (secondary N) is 1. The number of hydrogen-bond donors (Lipinski definition) is 1. The summed E-state index contributed by atoms with van der Waals surface area (Å²) in [4.78, 5) is 16.2. The lowest BCUT2D eigenvalue weighted by Crippen LogP contribution is -2.11. The number of Topliss-reactive ketones (excluding diaryl/α,β-unsaturated/α-hetero) is 1. The van der Waals surface area contributed by atoms with E-state index < -0.39 is 5.82 Å². The molecule has 0 amide bonds. The molecule has 0 saturated carbocycles. The van der Waals surface area contributed by atoms with Crippen molar-refractivity contribution in [3.8, 4) is 0 Å². The van der Waals surface area contributed by atoms with E-state index in [1.165, 1.54) is 13.0 Å². The van der Waals surface area contributed by atoms with Gasteiger partial charge in [0.05, 0.1) is 16.6 Å². The van der Waals surface area contributed by atoms with Gasteiger partial charge in [-0.25, -0.2) is 9.37 Å². The SMILES string of the molecule is CC(=O)c1c(F)cccc1NCCCn1c(C)nc2ccccc21. The van der Waals surface area contributed by atoms with Gasteiger partial charge in [-0.05, 0) is 44.5 Å². The summed E-state index contributed by atoms with van der Waals surface area (Å²) in [6, 6.07) is 12.7. The summed E-state index contributed by atoms with van der Waals surface area (Å²) in [7, 11) is 0. The van der Waals surface area contributed by atoms with E-state index in [9.17, 15) is 9.18 Å². The zero-order valence-corrected chi connectivity index (χ0v) is 13.8. The van der Waals surface area contributed by atoms with Crippen molar-refractivity contribution in [2.45, 2.75) is 26.8 Å². The average Bonchev–Trinajstić information content (AvgIpc) is 2.86. The smallest absolute Gasteiger partial charge is 0.164 e. The molecule has 2 aromatic carbocycles. The van der Waals surface area contributed by atoms with Gasteiger partial charge < -0.3 is 9.88 Å². The van der Waals surface area contributed by atoms with Crippen LogP contribution in [0.15, 0.2) is 42.5 Å². The quantitative estimate of drug-likeness (QED) is 0.546. The van der Waals surface area contributed by atoms with Crippen LogP contribution in [0.2, 0.25) is 0 Å². The van der Waals surface area contributed by atoms with Gasteiger partial charge in [0.15, 0.2) is 5.78 Å². The molecule has 0 radical (unpaired) electrons. The van der Waals surface area contributed by atoms with Crippen LogP contribution in [0.4, 0.5) is 10.1 Å². The van der Waals surface area contributed by atoms with E-state index in [-0.39, 0.29) is 11.3 Å². The Morgan fingerprint density at radius 1 is 1.21 bits per heavy atom. The summed E-state index contributed by atoms with van der Waals surface area (Å²) in [5.41, 5.74) is 2.79. The summed E-state index contributed by atoms with van der Waals surface area (Å²) < 4.78 is 16.0. The van der Waals surface area contributed by atoms with E-state index >= 15 is 0 Å². The van der Waals surface area contributed by atoms with Gasteiger partial charge in [0.1, 0.15) is 11.6 Å². The van der Waals surface area contributed by atoms with E-state index in [0.717, 1.165) is 29.8 Å². The second-order valence-corrected chi connectivity index (χ2v) is 5.80. The fourth-order valence-corrected chi connectivity index (χ4v) is 2.97. The fourth-order valence-electron chi connectivity index (χ4n) is 2.97. The number of para-hydroxylation sites is 2. The Kier molecular flexibility index (Phi) is 4.60. The number of hydrogen-bond acceptors (Lipinski definition) is 3. The predicted molar refractivity (Wildman–Crippen MR) is 94.0 cm³/mol. The summed E-state index contributed by atoms with van der Waals surface area (Å²) in [6.45, 7) is 4.83. The van der Waals surface area contributed by atoms with Crippen LogP contribution in [0.1, 0.15) is 29.5 Å². The van der Waals surface area contributed by atoms with Crippen molar-refractivity contribution in [3.05, 3.63) is 59.7 Å². The first-order chi connectivity index (χ1) is 11.6. The zero-order valence-electron chi connectivity index (χ0n) is 13.8. The molecule has 0 atom stereocenters. The number of imidazole rings is 1. The highest BCUT2D eigenvalue weighted by Crippen LogP contribution is 2.20. The van der Waals surface area contributed by atoms with Crippen molar-refractivity contribution in [3.63, 3.8) is 0 Å². The number of ketones is 1. The highest BCUT2D eigenvalue weighted by molar-refractivity contribution is 5.99. The number of aromatic nitrogens is 2. The number of rotatable bonds is 6. The lowest BCUT2D eigenvalue weighted by Gasteiger charge is -2.12. The molecule has 1 heterocycles. The number of fused-ring (bicyclic) bond motifs is 1. The molecule has 0 aliphatic carbocycles. The van der Waals surface area contributed by atoms with Gasteiger partial charge in [-0.2, -0.15) is 0 Å². The molecule has 0 aliphatic heterocycles. The summed E-state index contributed by atoms with van der Waals surface area (Å²) in [5, 5.41) is 3.17. The van der Waals surface area contributed by atoms with Crippen LogP contribution < -0.4 is 5.32 Å². The number of halogens is 1. The molecular formula is C19H20FN3O. The van der Waals surface area contributed by atoms with E-state index in [2.05, 4.69) is 20.9 Å². The first-order valence-electron chi connectivity index (χ1n) is 8.03. The maximum atomic E-state index is 13.8. The second-order valence-electron chi connectivity index (χ2n) is 5.80. The summed E-state index contributed by atoms with van der Waals surface area (Å²) in [5.74, 6) is 0.224. The van der Waals surface area contributed by atoms with Crippen LogP contribution in [0.5, 0.6) is 0 Å². The van der Waals surface area contributed by atoms with Crippen LogP contribution in [0.25, 0.3) is 11.0 Å². The van der Waals surface area contributed by atoms with Crippen molar-refractivity contribution in [1.82, 2.24) is 9.55 Å². The van der Waals surface area contributed by atoms with Gasteiger partial charge in [-0.3, -0.25) is 4.79 Å². The van der Waals surface area contributed by atoms with Crippen LogP contribution in [-0.4, -0.2) is 21.9 Å². The molecule has 3 rings (SSSR count). The fraction of sp³-hybridized carbons (Fsp3) is 0.263. The Hall–Kier alpha value is -2.69. The number of benzene rings is 2. The second kappa shape index (κ2) is 6.83. The molecule has 0 spiro atoms. The predicted octanol–water partition coefficient (Wildman–Crippen LogP) is 4.19. The molecule has 3 aromatic rings. The minimum absolute atomic E-state index is 0.127. The minimum Gasteiger partial charge on any atom is -0.384 e. The molecule has 0 saturated heterocycles. The van der Waals surface area contributed by atoms with Crippen molar-refractivity contribution in [2.24, 2.45) is 0 Å². The maximum Gasteiger partial charge on any atom is 0.164 e. The van der Waals surface area contributed by atoms with Crippen LogP contribution in [-0.2, 0) is 6.54 Å². The lowest BCUT2D eigenvalue weighted by atomic mass is 10.1. The zero-order chi connectivity index (χ0) is 17.1. The van der Waals surface area contributed by atoms with Gasteiger partial charge in [0, 0.05) is 18.8 Å². The van der Waals surface area contributed by atoms with Gasteiger partial charge in [0.2, 0.25) is 0 Å². The third-order valence-electron chi connectivity index (χ3n) is 4.09. The number of aryl methyl sites for hydroxylation is 2. The molecule has 0 unspecified atom stereocenters. The molecule has 0 bridgehead atoms. The van der Waals surface area contributed by atoms with Crippen molar-refractivity contribution in [2.75, 3.05) is 11.9 Å². The van der Waals surface area contributed by atoms with Crippen LogP contribution >= 0.6 is 0 Å². The van der Waals surface area contributed by atoms with Gasteiger partial charge in [-0.15, -0.1) is 0 Å². The average molecular weight is 325 g/mol. The van der Waals surface area contributed by atoms with Gasteiger partial charge >= 0.3 is 0 Å². The van der Waals surface area contributed by atoms with E-state index in [1.54, 1.807) is 12.1 Å². The molecule has 24 heavy (non-hydrogen) atoms. The molecular weight excluding hydrogens is 305 g/mol. The van der Waals surface area contributed by atoms with Crippen LogP contribution in [0, 0.1) is 12.7 Å². The van der Waals surface area contributed by atoms with E-state index in [0.29, 0.717) is 12.2 Å². The number of nitrogens with zero attached hydrogens (tertiary/aromatic N) is 2. The lowest BCUT2D eigenvalue weighted by molar-refractivity contribution is 0.101. The summed E-state index contributed by atoms with van der Waals surface area (Å²) in [6.07, 6.45) is 0.842. The van der Waals surface area contributed by atoms with E-state index in [1.807, 2.05) is 25.1 Å². The first-order valence-corrected chi connectivity index (χ1v) is 8.03. The molecule has 0 aliphatic rings. The molecule has 0 fully saturated rings. The standard InChI is InChI=1S/C19H20FN3O/c1-13(24)19-15(20)7-5-9-17(19)21-11-6-12-23-14(2)22-16-8-3-4-10-18(16)23/h3-5,7-10,21H,6,11-12H2,1-2H3. The van der Waals surface area contributed by atoms with Crippen molar-refractivity contribution >= 4 is 22.5 Å². The monoisotopic (exact) mass is 325 g/mol. The Balaban J connectivity index is 1.67. The third-order valence-corrected chi connectivity index (χ3v) is 4.09. The molecule has 1 N–H and O–H groups in total. The summed E-state index contributed by atoms with van der Waals surface area (Å²) >= 11 is 0. The van der Waals surface area contributed by atoms with Crippen molar-refractivity contribution < 1.29 is 9.18 Å². The number of carbonyl (C=O) groups excluding carboxylic acids is 1. The number of carbonyl (C=O) groups is 1. The Labute approximate surface area is 140 Å². The Bertz CT molecular complexity index is 885. The third kappa shape index (κ3) is 3.15.